The van der Waals surface area contributed by atoms with Crippen molar-refractivity contribution in [2.24, 2.45) is 0 Å². The van der Waals surface area contributed by atoms with Gasteiger partial charge in [-0.2, -0.15) is 0 Å². The molecule has 34 heavy (non-hydrogen) atoms. The maximum atomic E-state index is 11.2. The molecular weight excluding hydrogens is 440 g/mol. The number of hydrogen-bond donors (Lipinski definition) is 2. The minimum absolute atomic E-state index is 0.300. The fraction of sp³-hybridized carbons (Fsp3) is 0.385. The van der Waals surface area contributed by atoms with Gasteiger partial charge in [-0.3, -0.25) is 0 Å². The molecule has 0 radical (unpaired) electrons. The summed E-state index contributed by atoms with van der Waals surface area (Å²) in [4.78, 5) is 22.4. The Morgan fingerprint density at radius 3 is 1.35 bits per heavy atom. The summed E-state index contributed by atoms with van der Waals surface area (Å²) in [6.45, 7) is 4.97. The van der Waals surface area contributed by atoms with Gasteiger partial charge in [0.1, 0.15) is 24.7 Å². The minimum Gasteiger partial charge on any atom is -0.490 e. The van der Waals surface area contributed by atoms with Crippen LogP contribution in [0.4, 0.5) is 0 Å². The SMILES string of the molecule is CCOC(Cc1ccc(OCC=CCOc2ccc(CC(OCC)C(=O)O)cc2)cc1)C(=O)O. The highest BCUT2D eigenvalue weighted by atomic mass is 16.5. The number of hydrogen-bond acceptors (Lipinski definition) is 6. The molecule has 184 valence electrons. The standard InChI is InChI=1S/C26H32O8/c1-3-31-23(25(27)28)17-19-7-11-21(12-8-19)33-15-5-6-16-34-22-13-9-20(10-14-22)18-24(26(29)30)32-4-2/h5-14,23-24H,3-4,15-18H2,1-2H3,(H,27,28)(H,29,30). The van der Waals surface area contributed by atoms with Gasteiger partial charge in [-0.25, -0.2) is 9.59 Å². The zero-order valence-electron chi connectivity index (χ0n) is 19.5. The predicted octanol–water partition coefficient (Wildman–Crippen LogP) is 3.77. The molecule has 2 rings (SSSR count). The van der Waals surface area contributed by atoms with E-state index in [4.69, 9.17) is 29.2 Å². The lowest BCUT2D eigenvalue weighted by atomic mass is 10.1. The maximum Gasteiger partial charge on any atom is 0.333 e. The summed E-state index contributed by atoms with van der Waals surface area (Å²) in [6.07, 6.45) is 2.58. The van der Waals surface area contributed by atoms with E-state index in [0.29, 0.717) is 50.8 Å². The molecule has 2 atom stereocenters. The number of carboxylic acid groups (broad SMARTS) is 2. The summed E-state index contributed by atoms with van der Waals surface area (Å²) in [6, 6.07) is 14.5. The average molecular weight is 473 g/mol. The molecule has 2 N–H and O–H groups in total. The van der Waals surface area contributed by atoms with Gasteiger partial charge in [0, 0.05) is 26.1 Å². The van der Waals surface area contributed by atoms with Crippen molar-refractivity contribution in [3.63, 3.8) is 0 Å². The first kappa shape index (κ1) is 26.9. The molecule has 2 aromatic rings. The highest BCUT2D eigenvalue weighted by molar-refractivity contribution is 5.73. The molecule has 0 aliphatic carbocycles. The summed E-state index contributed by atoms with van der Waals surface area (Å²) in [5.74, 6) is -0.586. The second kappa shape index (κ2) is 14.7. The van der Waals surface area contributed by atoms with Gasteiger partial charge in [0.15, 0.2) is 12.2 Å². The third kappa shape index (κ3) is 9.64. The quantitative estimate of drug-likeness (QED) is 0.355. The number of benzene rings is 2. The lowest BCUT2D eigenvalue weighted by Gasteiger charge is -2.12. The Morgan fingerprint density at radius 1 is 0.706 bits per heavy atom. The second-order valence-corrected chi connectivity index (χ2v) is 7.35. The fourth-order valence-corrected chi connectivity index (χ4v) is 3.13. The summed E-state index contributed by atoms with van der Waals surface area (Å²) >= 11 is 0. The monoisotopic (exact) mass is 472 g/mol. The van der Waals surface area contributed by atoms with Crippen molar-refractivity contribution in [2.75, 3.05) is 26.4 Å². The second-order valence-electron chi connectivity index (χ2n) is 7.35. The fourth-order valence-electron chi connectivity index (χ4n) is 3.13. The summed E-state index contributed by atoms with van der Waals surface area (Å²) in [5.41, 5.74) is 1.72. The Bertz CT molecular complexity index is 830. The lowest BCUT2D eigenvalue weighted by molar-refractivity contribution is -0.150. The van der Waals surface area contributed by atoms with E-state index in [2.05, 4.69) is 0 Å². The first-order chi connectivity index (χ1) is 16.4. The Labute approximate surface area is 199 Å². The van der Waals surface area contributed by atoms with Gasteiger partial charge in [-0.15, -0.1) is 0 Å². The average Bonchev–Trinajstić information content (AvgIpc) is 2.82. The van der Waals surface area contributed by atoms with Crippen molar-refractivity contribution in [2.45, 2.75) is 38.9 Å². The largest absolute Gasteiger partial charge is 0.490 e. The van der Waals surface area contributed by atoms with Crippen molar-refractivity contribution in [3.8, 4) is 11.5 Å². The number of rotatable bonds is 16. The van der Waals surface area contributed by atoms with Crippen LogP contribution in [0.3, 0.4) is 0 Å². The molecule has 0 spiro atoms. The maximum absolute atomic E-state index is 11.2. The minimum atomic E-state index is -0.973. The van der Waals surface area contributed by atoms with Crippen LogP contribution in [-0.2, 0) is 31.9 Å². The predicted molar refractivity (Wildman–Crippen MR) is 127 cm³/mol. The van der Waals surface area contributed by atoms with Crippen molar-refractivity contribution in [1.29, 1.82) is 0 Å². The van der Waals surface area contributed by atoms with E-state index in [1.54, 1.807) is 38.1 Å². The van der Waals surface area contributed by atoms with Crippen LogP contribution in [0.1, 0.15) is 25.0 Å². The molecule has 8 nitrogen and oxygen atoms in total. The third-order valence-electron chi connectivity index (χ3n) is 4.83. The van der Waals surface area contributed by atoms with Crippen molar-refractivity contribution in [1.82, 2.24) is 0 Å². The van der Waals surface area contributed by atoms with E-state index in [-0.39, 0.29) is 0 Å². The van der Waals surface area contributed by atoms with Gasteiger partial charge >= 0.3 is 11.9 Å². The first-order valence-electron chi connectivity index (χ1n) is 11.2. The Balaban J connectivity index is 1.71. The smallest absolute Gasteiger partial charge is 0.333 e. The molecule has 0 heterocycles. The molecular formula is C26H32O8. The van der Waals surface area contributed by atoms with E-state index in [1.807, 2.05) is 36.4 Å². The Kier molecular flexibility index (Phi) is 11.6. The highest BCUT2D eigenvalue weighted by Crippen LogP contribution is 2.16. The molecule has 0 aliphatic heterocycles. The number of carbonyl (C=O) groups is 2. The summed E-state index contributed by atoms with van der Waals surface area (Å²) < 4.78 is 21.8. The summed E-state index contributed by atoms with van der Waals surface area (Å²) in [7, 11) is 0. The number of ether oxygens (including phenoxy) is 4. The van der Waals surface area contributed by atoms with Crippen LogP contribution in [0, 0.1) is 0 Å². The van der Waals surface area contributed by atoms with Gasteiger partial charge in [0.2, 0.25) is 0 Å². The van der Waals surface area contributed by atoms with E-state index in [1.165, 1.54) is 0 Å². The molecule has 2 aromatic carbocycles. The van der Waals surface area contributed by atoms with Crippen LogP contribution in [0.15, 0.2) is 60.7 Å². The van der Waals surface area contributed by atoms with E-state index >= 15 is 0 Å². The van der Waals surface area contributed by atoms with E-state index < -0.39 is 24.1 Å². The molecule has 0 saturated carbocycles. The van der Waals surface area contributed by atoms with Gasteiger partial charge in [-0.1, -0.05) is 24.3 Å². The van der Waals surface area contributed by atoms with Crippen LogP contribution < -0.4 is 9.47 Å². The molecule has 8 heteroatoms. The van der Waals surface area contributed by atoms with Crippen LogP contribution in [0.2, 0.25) is 0 Å². The highest BCUT2D eigenvalue weighted by Gasteiger charge is 2.18. The summed E-state index contributed by atoms with van der Waals surface area (Å²) in [5, 5.41) is 18.3. The molecule has 0 fully saturated rings. The zero-order chi connectivity index (χ0) is 24.8. The Hall–Kier alpha value is -3.36. The van der Waals surface area contributed by atoms with Crippen LogP contribution in [0.25, 0.3) is 0 Å². The van der Waals surface area contributed by atoms with E-state index in [0.717, 1.165) is 11.1 Å². The molecule has 2 unspecified atom stereocenters. The Morgan fingerprint density at radius 2 is 1.06 bits per heavy atom. The first-order valence-corrected chi connectivity index (χ1v) is 11.2. The lowest BCUT2D eigenvalue weighted by Crippen LogP contribution is -2.26. The van der Waals surface area contributed by atoms with Crippen molar-refractivity contribution >= 4 is 11.9 Å². The molecule has 0 amide bonds. The molecule has 0 aromatic heterocycles. The number of aliphatic carboxylic acids is 2. The third-order valence-corrected chi connectivity index (χ3v) is 4.83. The van der Waals surface area contributed by atoms with E-state index in [9.17, 15) is 9.59 Å². The van der Waals surface area contributed by atoms with Crippen molar-refractivity contribution < 1.29 is 38.7 Å². The normalized spacial score (nSPS) is 12.9. The van der Waals surface area contributed by atoms with Gasteiger partial charge in [0.05, 0.1) is 0 Å². The van der Waals surface area contributed by atoms with Gasteiger partial charge in [-0.05, 0) is 61.4 Å². The molecule has 0 aliphatic rings. The van der Waals surface area contributed by atoms with Crippen LogP contribution in [-0.4, -0.2) is 60.8 Å². The number of carboxylic acids is 2. The van der Waals surface area contributed by atoms with Crippen molar-refractivity contribution in [3.05, 3.63) is 71.8 Å². The topological polar surface area (TPSA) is 112 Å². The van der Waals surface area contributed by atoms with Gasteiger partial charge in [0.25, 0.3) is 0 Å². The van der Waals surface area contributed by atoms with Gasteiger partial charge < -0.3 is 29.2 Å². The zero-order valence-corrected chi connectivity index (χ0v) is 19.5. The van der Waals surface area contributed by atoms with Crippen LogP contribution in [0.5, 0.6) is 11.5 Å². The molecule has 0 bridgehead atoms. The van der Waals surface area contributed by atoms with Crippen LogP contribution >= 0.6 is 0 Å². The molecule has 0 saturated heterocycles.